The number of rotatable bonds is 8. The van der Waals surface area contributed by atoms with Crippen molar-refractivity contribution in [1.29, 1.82) is 0 Å². The molecule has 0 spiro atoms. The third kappa shape index (κ3) is 4.52. The number of hydrogen-bond donors (Lipinski definition) is 1. The van der Waals surface area contributed by atoms with Gasteiger partial charge in [-0.2, -0.15) is 0 Å². The summed E-state index contributed by atoms with van der Waals surface area (Å²) in [4.78, 5) is 4.85. The van der Waals surface area contributed by atoms with Crippen LogP contribution in [0, 0.1) is 0 Å². The van der Waals surface area contributed by atoms with Gasteiger partial charge in [-0.3, -0.25) is 0 Å². The highest BCUT2D eigenvalue weighted by Crippen LogP contribution is 2.28. The van der Waals surface area contributed by atoms with Gasteiger partial charge in [0.25, 0.3) is 0 Å². The molecule has 3 heteroatoms. The smallest absolute Gasteiger partial charge is 0.0722 e. The van der Waals surface area contributed by atoms with Crippen LogP contribution in [0.25, 0.3) is 10.9 Å². The molecule has 0 aliphatic rings. The van der Waals surface area contributed by atoms with Crippen molar-refractivity contribution in [3.8, 4) is 0 Å². The second-order valence-corrected chi connectivity index (χ2v) is 6.45. The molecule has 2 rings (SSSR count). The molecule has 0 saturated carbocycles. The summed E-state index contributed by atoms with van der Waals surface area (Å²) in [7, 11) is 2.03. The van der Waals surface area contributed by atoms with E-state index in [1.54, 1.807) is 0 Å². The monoisotopic (exact) mass is 348 g/mol. The van der Waals surface area contributed by atoms with Crippen molar-refractivity contribution >= 4 is 26.8 Å². The number of nitrogens with one attached hydrogen (secondary N) is 1. The summed E-state index contributed by atoms with van der Waals surface area (Å²) in [6, 6.07) is 10.8. The van der Waals surface area contributed by atoms with Crippen molar-refractivity contribution in [1.82, 2.24) is 10.3 Å². The molecule has 0 fully saturated rings. The number of halogens is 1. The number of hydrogen-bond acceptors (Lipinski definition) is 2. The lowest BCUT2D eigenvalue weighted by atomic mass is 10.0. The number of para-hydroxylation sites is 1. The molecule has 1 atom stereocenters. The Bertz CT molecular complexity index is 568. The molecule has 2 aromatic rings. The zero-order chi connectivity index (χ0) is 15.1. The molecule has 1 heterocycles. The third-order valence-electron chi connectivity index (χ3n) is 3.98. The van der Waals surface area contributed by atoms with Crippen molar-refractivity contribution in [3.05, 3.63) is 40.5 Å². The molecule has 1 N–H and O–H groups in total. The summed E-state index contributed by atoms with van der Waals surface area (Å²) in [5, 5.41) is 4.61. The second-order valence-electron chi connectivity index (χ2n) is 5.59. The number of pyridine rings is 1. The van der Waals surface area contributed by atoms with Crippen LogP contribution >= 0.6 is 15.9 Å². The number of benzene rings is 1. The van der Waals surface area contributed by atoms with Gasteiger partial charge in [0, 0.05) is 9.86 Å². The second kappa shape index (κ2) is 8.50. The Kier molecular flexibility index (Phi) is 6.65. The highest BCUT2D eigenvalue weighted by molar-refractivity contribution is 9.10. The zero-order valence-electron chi connectivity index (χ0n) is 13.0. The van der Waals surface area contributed by atoms with E-state index in [2.05, 4.69) is 52.4 Å². The fourth-order valence-corrected chi connectivity index (χ4v) is 3.33. The minimum absolute atomic E-state index is 0.325. The van der Waals surface area contributed by atoms with Gasteiger partial charge in [-0.25, -0.2) is 4.98 Å². The maximum atomic E-state index is 4.85. The Morgan fingerprint density at radius 1 is 1.14 bits per heavy atom. The minimum atomic E-state index is 0.325. The van der Waals surface area contributed by atoms with Gasteiger partial charge in [0.1, 0.15) is 0 Å². The normalized spacial score (nSPS) is 12.7. The van der Waals surface area contributed by atoms with Crippen molar-refractivity contribution in [2.24, 2.45) is 0 Å². The first-order valence-electron chi connectivity index (χ1n) is 7.98. The number of aromatic nitrogens is 1. The summed E-state index contributed by atoms with van der Waals surface area (Å²) in [5.41, 5.74) is 2.20. The summed E-state index contributed by atoms with van der Waals surface area (Å²) in [6.45, 7) is 2.26. The van der Waals surface area contributed by atoms with Gasteiger partial charge in [0.15, 0.2) is 0 Å². The van der Waals surface area contributed by atoms with E-state index in [4.69, 9.17) is 4.98 Å². The van der Waals surface area contributed by atoms with Gasteiger partial charge in [0.2, 0.25) is 0 Å². The van der Waals surface area contributed by atoms with Crippen LogP contribution in [-0.2, 0) is 0 Å². The fourth-order valence-electron chi connectivity index (χ4n) is 2.72. The number of fused-ring (bicyclic) bond motifs is 1. The largest absolute Gasteiger partial charge is 0.312 e. The summed E-state index contributed by atoms with van der Waals surface area (Å²) < 4.78 is 1.11. The van der Waals surface area contributed by atoms with Gasteiger partial charge < -0.3 is 5.32 Å². The van der Waals surface area contributed by atoms with Gasteiger partial charge in [-0.15, -0.1) is 0 Å². The average molecular weight is 349 g/mol. The molecule has 0 radical (unpaired) electrons. The number of nitrogens with zero attached hydrogens (tertiary/aromatic N) is 1. The molecular formula is C18H25BrN2. The van der Waals surface area contributed by atoms with E-state index in [0.29, 0.717) is 6.04 Å². The van der Waals surface area contributed by atoms with Crippen LogP contribution in [0.2, 0.25) is 0 Å². The highest BCUT2D eigenvalue weighted by Gasteiger charge is 2.15. The molecule has 114 valence electrons. The molecule has 1 aromatic heterocycles. The quantitative estimate of drug-likeness (QED) is 0.626. The van der Waals surface area contributed by atoms with Crippen LogP contribution in [0.5, 0.6) is 0 Å². The Morgan fingerprint density at radius 2 is 1.90 bits per heavy atom. The lowest BCUT2D eigenvalue weighted by Crippen LogP contribution is -2.18. The molecular weight excluding hydrogens is 324 g/mol. The van der Waals surface area contributed by atoms with Crippen molar-refractivity contribution in [3.63, 3.8) is 0 Å². The Labute approximate surface area is 136 Å². The molecule has 0 aliphatic carbocycles. The standard InChI is InChI=1S/C18H25BrN2/c1-3-4-5-6-7-12-17(20-2)18-15(19)13-14-10-8-9-11-16(14)21-18/h8-11,13,17,20H,3-7,12H2,1-2H3. The molecule has 21 heavy (non-hydrogen) atoms. The molecule has 1 unspecified atom stereocenters. The SMILES string of the molecule is CCCCCCCC(NC)c1nc2ccccc2cc1Br. The highest BCUT2D eigenvalue weighted by atomic mass is 79.9. The number of unbranched alkanes of at least 4 members (excludes halogenated alkanes) is 4. The van der Waals surface area contributed by atoms with E-state index in [-0.39, 0.29) is 0 Å². The van der Waals surface area contributed by atoms with Gasteiger partial charge >= 0.3 is 0 Å². The summed E-state index contributed by atoms with van der Waals surface area (Å²) >= 11 is 3.69. The maximum absolute atomic E-state index is 4.85. The van der Waals surface area contributed by atoms with Crippen LogP contribution in [0.4, 0.5) is 0 Å². The van der Waals surface area contributed by atoms with E-state index < -0.39 is 0 Å². The first-order chi connectivity index (χ1) is 10.3. The van der Waals surface area contributed by atoms with Crippen LogP contribution in [0.15, 0.2) is 34.8 Å². The minimum Gasteiger partial charge on any atom is -0.312 e. The van der Waals surface area contributed by atoms with E-state index in [0.717, 1.165) is 22.1 Å². The first kappa shape index (κ1) is 16.4. The van der Waals surface area contributed by atoms with E-state index in [9.17, 15) is 0 Å². The summed E-state index contributed by atoms with van der Waals surface area (Å²) in [6.07, 6.45) is 7.71. The van der Waals surface area contributed by atoms with Gasteiger partial charge in [-0.05, 0) is 41.5 Å². The topological polar surface area (TPSA) is 24.9 Å². The molecule has 1 aromatic carbocycles. The van der Waals surface area contributed by atoms with E-state index in [1.807, 2.05) is 13.1 Å². The Morgan fingerprint density at radius 3 is 2.67 bits per heavy atom. The molecule has 0 aliphatic heterocycles. The fraction of sp³-hybridized carbons (Fsp3) is 0.500. The van der Waals surface area contributed by atoms with E-state index >= 15 is 0 Å². The lowest BCUT2D eigenvalue weighted by Gasteiger charge is -2.18. The maximum Gasteiger partial charge on any atom is 0.0722 e. The predicted octanol–water partition coefficient (Wildman–Crippen LogP) is 5.62. The predicted molar refractivity (Wildman–Crippen MR) is 94.6 cm³/mol. The Hall–Kier alpha value is -0.930. The molecule has 0 saturated heterocycles. The van der Waals surface area contributed by atoms with Crippen LogP contribution in [-0.4, -0.2) is 12.0 Å². The van der Waals surface area contributed by atoms with Gasteiger partial charge in [-0.1, -0.05) is 57.2 Å². The van der Waals surface area contributed by atoms with Crippen molar-refractivity contribution < 1.29 is 0 Å². The molecule has 2 nitrogen and oxygen atoms in total. The van der Waals surface area contributed by atoms with Crippen LogP contribution in [0.1, 0.15) is 57.2 Å². The lowest BCUT2D eigenvalue weighted by molar-refractivity contribution is 0.491. The third-order valence-corrected chi connectivity index (χ3v) is 4.61. The van der Waals surface area contributed by atoms with Crippen LogP contribution in [0.3, 0.4) is 0 Å². The molecule has 0 amide bonds. The van der Waals surface area contributed by atoms with Gasteiger partial charge in [0.05, 0.1) is 17.3 Å². The Balaban J connectivity index is 2.08. The van der Waals surface area contributed by atoms with Crippen molar-refractivity contribution in [2.45, 2.75) is 51.5 Å². The van der Waals surface area contributed by atoms with Crippen molar-refractivity contribution in [2.75, 3.05) is 7.05 Å². The average Bonchev–Trinajstić information content (AvgIpc) is 2.51. The van der Waals surface area contributed by atoms with Crippen LogP contribution < -0.4 is 5.32 Å². The van der Waals surface area contributed by atoms with E-state index in [1.165, 1.54) is 37.5 Å². The first-order valence-corrected chi connectivity index (χ1v) is 8.78. The summed E-state index contributed by atoms with van der Waals surface area (Å²) in [5.74, 6) is 0. The molecule has 0 bridgehead atoms. The zero-order valence-corrected chi connectivity index (χ0v) is 14.6.